The lowest BCUT2D eigenvalue weighted by atomic mass is 9.84. The summed E-state index contributed by atoms with van der Waals surface area (Å²) in [5.41, 5.74) is 3.66. The van der Waals surface area contributed by atoms with E-state index in [1.165, 1.54) is 43.6 Å². The maximum Gasteiger partial charge on any atom is 0.219 e. The van der Waals surface area contributed by atoms with E-state index in [1.54, 1.807) is 47.0 Å². The highest BCUT2D eigenvalue weighted by atomic mass is 32.1. The number of allylic oxidation sites excluding steroid dienone is 2. The molecule has 0 saturated heterocycles. The second-order valence-corrected chi connectivity index (χ2v) is 14.2. The van der Waals surface area contributed by atoms with Gasteiger partial charge >= 0.3 is 0 Å². The van der Waals surface area contributed by atoms with E-state index < -0.39 is 0 Å². The van der Waals surface area contributed by atoms with Crippen LogP contribution in [0.2, 0.25) is 0 Å². The predicted octanol–water partition coefficient (Wildman–Crippen LogP) is 7.79. The van der Waals surface area contributed by atoms with Gasteiger partial charge in [0.1, 0.15) is 44.3 Å². The van der Waals surface area contributed by atoms with Crippen molar-refractivity contribution >= 4 is 77.9 Å². The van der Waals surface area contributed by atoms with Gasteiger partial charge < -0.3 is 0 Å². The number of aliphatic imine (C=N–C) groups is 2. The van der Waals surface area contributed by atoms with Crippen LogP contribution in [-0.4, -0.2) is 21.4 Å². The third kappa shape index (κ3) is 3.78. The molecular weight excluding hydrogens is 577 g/mol. The van der Waals surface area contributed by atoms with Crippen LogP contribution in [0.1, 0.15) is 48.8 Å². The van der Waals surface area contributed by atoms with Gasteiger partial charge in [0.05, 0.1) is 30.9 Å². The molecule has 0 unspecified atom stereocenters. The van der Waals surface area contributed by atoms with Crippen LogP contribution >= 0.6 is 45.3 Å². The first kappa shape index (κ1) is 26.0. The molecule has 0 amide bonds. The molecule has 8 nitrogen and oxygen atoms in total. The number of fused-ring (bicyclic) bond motifs is 4. The van der Waals surface area contributed by atoms with Crippen molar-refractivity contribution in [3.8, 4) is 44.0 Å². The van der Waals surface area contributed by atoms with E-state index in [0.29, 0.717) is 10.0 Å². The largest absolute Gasteiger partial charge is 0.239 e. The smallest absolute Gasteiger partial charge is 0.219 e. The van der Waals surface area contributed by atoms with E-state index >= 15 is 0 Å². The molecule has 6 rings (SSSR count). The molecule has 2 aliphatic carbocycles. The van der Waals surface area contributed by atoms with Crippen LogP contribution in [0, 0.1) is 45.3 Å². The van der Waals surface area contributed by atoms with E-state index in [2.05, 4.69) is 37.7 Å². The summed E-state index contributed by atoms with van der Waals surface area (Å²) >= 11 is 6.15. The molecule has 0 fully saturated rings. The maximum atomic E-state index is 9.03. The Labute approximate surface area is 245 Å². The molecule has 4 aromatic rings. The van der Waals surface area contributed by atoms with Crippen LogP contribution < -0.4 is 0 Å². The van der Waals surface area contributed by atoms with Crippen LogP contribution in [0.25, 0.3) is 30.9 Å². The van der Waals surface area contributed by atoms with Gasteiger partial charge in [0.2, 0.25) is 11.4 Å². The summed E-state index contributed by atoms with van der Waals surface area (Å²) in [6, 6.07) is 14.7. The fraction of sp³-hybridized carbons (Fsp3) is 0.214. The van der Waals surface area contributed by atoms with E-state index in [1.807, 2.05) is 24.3 Å². The second-order valence-electron chi connectivity index (χ2n) is 10.0. The Morgan fingerprint density at radius 2 is 1.00 bits per heavy atom. The number of rotatable bonds is 4. The fourth-order valence-corrected chi connectivity index (χ4v) is 9.82. The van der Waals surface area contributed by atoms with Crippen LogP contribution in [-0.2, 0) is 10.8 Å². The van der Waals surface area contributed by atoms with Crippen molar-refractivity contribution in [1.82, 2.24) is 9.97 Å². The van der Waals surface area contributed by atoms with Crippen LogP contribution in [0.15, 0.2) is 34.3 Å². The third-order valence-electron chi connectivity index (χ3n) is 6.87. The quantitative estimate of drug-likeness (QED) is 0.221. The first-order valence-corrected chi connectivity index (χ1v) is 15.2. The Balaban J connectivity index is 1.40. The molecule has 0 atom stereocenters. The predicted molar refractivity (Wildman–Crippen MR) is 160 cm³/mol. The minimum atomic E-state index is -0.321. The lowest BCUT2D eigenvalue weighted by Gasteiger charge is -2.21. The topological polar surface area (TPSA) is 146 Å². The monoisotopic (exact) mass is 592 g/mol. The van der Waals surface area contributed by atoms with Crippen molar-refractivity contribution in [3.63, 3.8) is 0 Å². The molecule has 2 aliphatic rings. The van der Waals surface area contributed by atoms with Gasteiger partial charge in [-0.05, 0) is 35.4 Å². The highest BCUT2D eigenvalue weighted by Gasteiger charge is 2.54. The maximum absolute atomic E-state index is 9.03. The normalized spacial score (nSPS) is 15.2. The Bertz CT molecular complexity index is 1830. The SMILES string of the molecule is CC1(C)C2=C(c3sc(-c4ccc(N=C(C#N)C#N)s4)nc31)C(C)(C)c1nc(-c3ccc(N=C(C#N)C#N)s3)sc12. The molecule has 40 heavy (non-hydrogen) atoms. The molecule has 4 heterocycles. The van der Waals surface area contributed by atoms with Gasteiger partial charge in [-0.2, -0.15) is 21.0 Å². The van der Waals surface area contributed by atoms with Crippen molar-refractivity contribution in [2.24, 2.45) is 9.98 Å². The van der Waals surface area contributed by atoms with Crippen molar-refractivity contribution in [2.75, 3.05) is 0 Å². The number of nitriles is 4. The highest BCUT2D eigenvalue weighted by Crippen LogP contribution is 2.65. The molecule has 0 spiro atoms. The number of thiazole rings is 2. The van der Waals surface area contributed by atoms with E-state index in [-0.39, 0.29) is 22.3 Å². The highest BCUT2D eigenvalue weighted by molar-refractivity contribution is 7.25. The molecule has 0 aliphatic heterocycles. The van der Waals surface area contributed by atoms with Crippen LogP contribution in [0.5, 0.6) is 0 Å². The molecular formula is C28H16N8S4. The van der Waals surface area contributed by atoms with Gasteiger partial charge in [-0.1, -0.05) is 27.7 Å². The number of thiophene rings is 2. The molecule has 4 aromatic heterocycles. The lowest BCUT2D eigenvalue weighted by Crippen LogP contribution is -2.18. The van der Waals surface area contributed by atoms with Gasteiger partial charge in [0.25, 0.3) is 0 Å². The number of aromatic nitrogens is 2. The summed E-state index contributed by atoms with van der Waals surface area (Å²) in [5.74, 6) is 0. The Morgan fingerprint density at radius 3 is 1.35 bits per heavy atom. The molecule has 0 saturated carbocycles. The zero-order valence-electron chi connectivity index (χ0n) is 21.5. The standard InChI is InChI=1S/C28H16N8S4/c1-27(2)19-20(22-23(27)35-25(40-22)15-5-7-17(37-15)33-13(9-29)10-30)28(3,4)24-21(19)39-26(36-24)16-6-8-18(38-16)34-14(11-31)12-32/h5-8H,1-4H3. The van der Waals surface area contributed by atoms with Crippen molar-refractivity contribution in [1.29, 1.82) is 21.0 Å². The fourth-order valence-electron chi connectivity index (χ4n) is 5.07. The molecule has 0 N–H and O–H groups in total. The third-order valence-corrected chi connectivity index (χ3v) is 11.3. The minimum absolute atomic E-state index is 0.169. The first-order valence-electron chi connectivity index (χ1n) is 11.9. The minimum Gasteiger partial charge on any atom is -0.239 e. The van der Waals surface area contributed by atoms with Gasteiger partial charge in [-0.25, -0.2) is 20.0 Å². The summed E-state index contributed by atoms with van der Waals surface area (Å²) < 4.78 is 0. The average molecular weight is 593 g/mol. The summed E-state index contributed by atoms with van der Waals surface area (Å²) in [6.45, 7) is 8.84. The summed E-state index contributed by atoms with van der Waals surface area (Å²) in [5, 5.41) is 39.1. The van der Waals surface area contributed by atoms with Gasteiger partial charge in [-0.3, -0.25) is 0 Å². The Kier molecular flexibility index (Phi) is 5.92. The van der Waals surface area contributed by atoms with Crippen molar-refractivity contribution in [3.05, 3.63) is 45.4 Å². The van der Waals surface area contributed by atoms with E-state index in [9.17, 15) is 0 Å². The molecule has 0 radical (unpaired) electrons. The summed E-state index contributed by atoms with van der Waals surface area (Å²) in [7, 11) is 0. The van der Waals surface area contributed by atoms with Gasteiger partial charge in [-0.15, -0.1) is 45.3 Å². The zero-order valence-corrected chi connectivity index (χ0v) is 24.8. The van der Waals surface area contributed by atoms with Gasteiger partial charge in [0.15, 0.2) is 0 Å². The van der Waals surface area contributed by atoms with Crippen molar-refractivity contribution < 1.29 is 0 Å². The molecule has 0 aromatic carbocycles. The molecule has 0 bridgehead atoms. The molecule has 12 heteroatoms. The van der Waals surface area contributed by atoms with Crippen LogP contribution in [0.4, 0.5) is 10.0 Å². The average Bonchev–Trinajstić information content (AvgIpc) is 3.75. The summed E-state index contributed by atoms with van der Waals surface area (Å²) in [4.78, 5) is 22.7. The van der Waals surface area contributed by atoms with E-state index in [0.717, 1.165) is 31.2 Å². The number of nitrogens with zero attached hydrogens (tertiary/aromatic N) is 8. The van der Waals surface area contributed by atoms with E-state index in [4.69, 9.17) is 31.0 Å². The zero-order chi connectivity index (χ0) is 28.4. The summed E-state index contributed by atoms with van der Waals surface area (Å²) in [6.07, 6.45) is 0. The Hall–Kier alpha value is -4.30. The lowest BCUT2D eigenvalue weighted by molar-refractivity contribution is 0.674. The molecule has 192 valence electrons. The first-order chi connectivity index (χ1) is 19.1. The number of hydrogen-bond donors (Lipinski definition) is 0. The van der Waals surface area contributed by atoms with Gasteiger partial charge in [0, 0.05) is 10.8 Å². The Morgan fingerprint density at radius 1 is 0.625 bits per heavy atom. The second kappa shape index (κ2) is 9.13. The van der Waals surface area contributed by atoms with Crippen molar-refractivity contribution in [2.45, 2.75) is 38.5 Å². The number of hydrogen-bond acceptors (Lipinski definition) is 12. The van der Waals surface area contributed by atoms with Crippen LogP contribution in [0.3, 0.4) is 0 Å².